The lowest BCUT2D eigenvalue weighted by Gasteiger charge is -2.30. The molecule has 0 aliphatic carbocycles. The van der Waals surface area contributed by atoms with Crippen LogP contribution in [0.15, 0.2) is 0 Å². The average Bonchev–Trinajstić information content (AvgIpc) is 2.37. The van der Waals surface area contributed by atoms with Crippen LogP contribution >= 0.6 is 0 Å². The molecule has 0 atom stereocenters. The molecule has 1 rings (SSSR count). The number of alkyl carbamates (subject to hydrolysis) is 1. The highest BCUT2D eigenvalue weighted by atomic mass is 16.5. The molecule has 0 spiro atoms. The molecule has 108 valence electrons. The third-order valence-corrected chi connectivity index (χ3v) is 2.77. The second-order valence-electron chi connectivity index (χ2n) is 4.22. The molecule has 8 heteroatoms. The summed E-state index contributed by atoms with van der Waals surface area (Å²) >= 11 is 0. The van der Waals surface area contributed by atoms with Crippen molar-refractivity contribution in [1.29, 1.82) is 0 Å². The third-order valence-electron chi connectivity index (χ3n) is 2.77. The van der Waals surface area contributed by atoms with Gasteiger partial charge in [0, 0.05) is 13.1 Å². The standard InChI is InChI=1S/C11H18N2O6/c1-18-11(17)12-9(14)6-13-4-2-8(3-5-13)19-7-10(15)16/h8H,2-7H2,1H3,(H,15,16)(H,12,14,17). The van der Waals surface area contributed by atoms with Gasteiger partial charge in [-0.15, -0.1) is 0 Å². The predicted octanol–water partition coefficient (Wildman–Crippen LogP) is -0.565. The molecule has 19 heavy (non-hydrogen) atoms. The van der Waals surface area contributed by atoms with Crippen LogP contribution in [0.5, 0.6) is 0 Å². The number of nitrogens with one attached hydrogen (secondary N) is 1. The molecule has 1 saturated heterocycles. The first kappa shape index (κ1) is 15.4. The van der Waals surface area contributed by atoms with Crippen LogP contribution in [-0.4, -0.2) is 67.4 Å². The number of carbonyl (C=O) groups excluding carboxylic acids is 2. The van der Waals surface area contributed by atoms with Gasteiger partial charge in [0.1, 0.15) is 6.61 Å². The second kappa shape index (κ2) is 7.70. The molecule has 2 N–H and O–H groups in total. The summed E-state index contributed by atoms with van der Waals surface area (Å²) in [7, 11) is 1.19. The van der Waals surface area contributed by atoms with Gasteiger partial charge in [0.25, 0.3) is 0 Å². The van der Waals surface area contributed by atoms with E-state index < -0.39 is 18.0 Å². The van der Waals surface area contributed by atoms with Gasteiger partial charge in [-0.05, 0) is 12.8 Å². The molecule has 0 aromatic heterocycles. The predicted molar refractivity (Wildman–Crippen MR) is 63.6 cm³/mol. The molecule has 0 aromatic rings. The summed E-state index contributed by atoms with van der Waals surface area (Å²) in [5.74, 6) is -1.41. The van der Waals surface area contributed by atoms with Gasteiger partial charge in [0.2, 0.25) is 5.91 Å². The quantitative estimate of drug-likeness (QED) is 0.692. The summed E-state index contributed by atoms with van der Waals surface area (Å²) < 4.78 is 9.50. The molecular weight excluding hydrogens is 256 g/mol. The molecule has 1 aliphatic heterocycles. The summed E-state index contributed by atoms with van der Waals surface area (Å²) in [6.45, 7) is 1.06. The van der Waals surface area contributed by atoms with E-state index in [4.69, 9.17) is 9.84 Å². The first-order valence-electron chi connectivity index (χ1n) is 5.95. The maximum atomic E-state index is 11.4. The maximum absolute atomic E-state index is 11.4. The number of rotatable bonds is 5. The number of carboxylic acid groups (broad SMARTS) is 1. The van der Waals surface area contributed by atoms with Crippen molar-refractivity contribution in [3.63, 3.8) is 0 Å². The van der Waals surface area contributed by atoms with Gasteiger partial charge in [-0.25, -0.2) is 9.59 Å². The zero-order valence-corrected chi connectivity index (χ0v) is 10.8. The molecule has 1 heterocycles. The highest BCUT2D eigenvalue weighted by Crippen LogP contribution is 2.13. The SMILES string of the molecule is COC(=O)NC(=O)CN1CCC(OCC(=O)O)CC1. The van der Waals surface area contributed by atoms with Crippen molar-refractivity contribution in [3.8, 4) is 0 Å². The van der Waals surface area contributed by atoms with Gasteiger partial charge < -0.3 is 14.6 Å². The lowest BCUT2D eigenvalue weighted by Crippen LogP contribution is -2.44. The zero-order chi connectivity index (χ0) is 14.3. The number of methoxy groups -OCH3 is 1. The Bertz CT molecular complexity index is 338. The number of piperidine rings is 1. The van der Waals surface area contributed by atoms with Crippen LogP contribution in [0.2, 0.25) is 0 Å². The Morgan fingerprint density at radius 2 is 1.95 bits per heavy atom. The number of ether oxygens (including phenoxy) is 2. The summed E-state index contributed by atoms with van der Waals surface area (Å²) in [6, 6.07) is 0. The largest absolute Gasteiger partial charge is 0.480 e. The second-order valence-corrected chi connectivity index (χ2v) is 4.22. The molecule has 0 unspecified atom stereocenters. The van der Waals surface area contributed by atoms with E-state index in [1.54, 1.807) is 0 Å². The number of hydrogen-bond acceptors (Lipinski definition) is 6. The minimum atomic E-state index is -0.986. The van der Waals surface area contributed by atoms with Crippen LogP contribution in [0.3, 0.4) is 0 Å². The number of carbonyl (C=O) groups is 3. The highest BCUT2D eigenvalue weighted by Gasteiger charge is 2.22. The monoisotopic (exact) mass is 274 g/mol. The van der Waals surface area contributed by atoms with Crippen molar-refractivity contribution < 1.29 is 29.0 Å². The van der Waals surface area contributed by atoms with Gasteiger partial charge in [0.15, 0.2) is 0 Å². The van der Waals surface area contributed by atoms with E-state index in [1.165, 1.54) is 7.11 Å². The molecule has 0 aromatic carbocycles. The van der Waals surface area contributed by atoms with E-state index in [9.17, 15) is 14.4 Å². The van der Waals surface area contributed by atoms with E-state index in [-0.39, 0.29) is 19.3 Å². The first-order valence-corrected chi connectivity index (χ1v) is 5.95. The number of amides is 2. The molecule has 2 amide bonds. The number of imide groups is 1. The van der Waals surface area contributed by atoms with Gasteiger partial charge in [0.05, 0.1) is 19.8 Å². The van der Waals surface area contributed by atoms with Crippen LogP contribution < -0.4 is 5.32 Å². The van der Waals surface area contributed by atoms with Crippen molar-refractivity contribution in [1.82, 2.24) is 10.2 Å². The minimum Gasteiger partial charge on any atom is -0.480 e. The maximum Gasteiger partial charge on any atom is 0.413 e. The summed E-state index contributed by atoms with van der Waals surface area (Å²) in [4.78, 5) is 34.5. The van der Waals surface area contributed by atoms with E-state index >= 15 is 0 Å². The topological polar surface area (TPSA) is 105 Å². The van der Waals surface area contributed by atoms with E-state index in [0.29, 0.717) is 25.9 Å². The Hall–Kier alpha value is -1.67. The number of carboxylic acids is 1. The minimum absolute atomic E-state index is 0.0870. The summed E-state index contributed by atoms with van der Waals surface area (Å²) in [5.41, 5.74) is 0. The number of nitrogens with zero attached hydrogens (tertiary/aromatic N) is 1. The van der Waals surface area contributed by atoms with Crippen LogP contribution in [0.4, 0.5) is 4.79 Å². The summed E-state index contributed by atoms with van der Waals surface area (Å²) in [5, 5.41) is 10.6. The fourth-order valence-corrected chi connectivity index (χ4v) is 1.83. The lowest BCUT2D eigenvalue weighted by atomic mass is 10.1. The van der Waals surface area contributed by atoms with E-state index in [2.05, 4.69) is 10.1 Å². The van der Waals surface area contributed by atoms with Crippen molar-refractivity contribution in [3.05, 3.63) is 0 Å². The van der Waals surface area contributed by atoms with Crippen molar-refractivity contribution in [2.24, 2.45) is 0 Å². The molecular formula is C11H18N2O6. The Morgan fingerprint density at radius 3 is 2.47 bits per heavy atom. The van der Waals surface area contributed by atoms with Gasteiger partial charge in [-0.2, -0.15) is 0 Å². The normalized spacial score (nSPS) is 16.9. The first-order chi connectivity index (χ1) is 9.01. The van der Waals surface area contributed by atoms with Crippen LogP contribution in [0.1, 0.15) is 12.8 Å². The lowest BCUT2D eigenvalue weighted by molar-refractivity contribution is -0.145. The number of aliphatic carboxylic acids is 1. The Morgan fingerprint density at radius 1 is 1.32 bits per heavy atom. The van der Waals surface area contributed by atoms with Gasteiger partial charge >= 0.3 is 12.1 Å². The van der Waals surface area contributed by atoms with E-state index in [0.717, 1.165) is 0 Å². The van der Waals surface area contributed by atoms with Gasteiger partial charge in [-0.3, -0.25) is 15.0 Å². The molecule has 8 nitrogen and oxygen atoms in total. The summed E-state index contributed by atoms with van der Waals surface area (Å²) in [6.07, 6.45) is 0.470. The third kappa shape index (κ3) is 6.16. The molecule has 0 bridgehead atoms. The average molecular weight is 274 g/mol. The zero-order valence-electron chi connectivity index (χ0n) is 10.8. The fourth-order valence-electron chi connectivity index (χ4n) is 1.83. The Kier molecular flexibility index (Phi) is 6.23. The molecule has 1 aliphatic rings. The molecule has 1 fully saturated rings. The Balaban J connectivity index is 2.21. The number of likely N-dealkylation sites (tertiary alicyclic amines) is 1. The fraction of sp³-hybridized carbons (Fsp3) is 0.727. The van der Waals surface area contributed by atoms with Crippen LogP contribution in [0.25, 0.3) is 0 Å². The Labute approximate surface area is 110 Å². The van der Waals surface area contributed by atoms with Crippen LogP contribution in [0, 0.1) is 0 Å². The highest BCUT2D eigenvalue weighted by molar-refractivity contribution is 5.92. The van der Waals surface area contributed by atoms with Crippen LogP contribution in [-0.2, 0) is 19.1 Å². The molecule has 0 saturated carbocycles. The van der Waals surface area contributed by atoms with Crippen molar-refractivity contribution in [2.75, 3.05) is 33.4 Å². The van der Waals surface area contributed by atoms with Crippen molar-refractivity contribution >= 4 is 18.0 Å². The smallest absolute Gasteiger partial charge is 0.413 e. The molecule has 0 radical (unpaired) electrons. The van der Waals surface area contributed by atoms with Crippen molar-refractivity contribution in [2.45, 2.75) is 18.9 Å². The van der Waals surface area contributed by atoms with E-state index in [1.807, 2.05) is 4.90 Å². The number of hydrogen-bond donors (Lipinski definition) is 2. The van der Waals surface area contributed by atoms with Gasteiger partial charge in [-0.1, -0.05) is 0 Å².